The number of carbonyl (C=O) groups is 2. The van der Waals surface area contributed by atoms with Crippen LogP contribution in [0.2, 0.25) is 0 Å². The summed E-state index contributed by atoms with van der Waals surface area (Å²) < 4.78 is 31.9. The molecule has 0 saturated heterocycles. The van der Waals surface area contributed by atoms with Gasteiger partial charge in [0.05, 0.1) is 17.7 Å². The standard InChI is InChI=1S/C6H11O2.C5H9O2.C3H7N.2C2H6N2.C2H3N.3CH4O.4CH4.4CH3.4B.H3N.2U.2V.2W/c1-3-4-5-8-6(2)7;1-3-4-7-5(2)6;1-3(2)4;2*1-2(3)4;1-2-3;3*1-2;;;;;;;;;;;;;;;;;;;/h5H,3-4H2,1-2H3;4H,3H2,1-2H3;4H,1-2H3;2*1H3,(H3,3,4);1H3;3*2H,1H3;4*1H4;4*1H3;;;;;1H3;;;;;;/q2*-1;;;;;;;;;;;;4*-1;;;;;;;;;;;/i;;;;;;;;;4*1T;;;;;;;;;;;;;;;. The van der Waals surface area contributed by atoms with E-state index in [-0.39, 0.29) is 235 Å². The van der Waals surface area contributed by atoms with Gasteiger partial charge in [0.2, 0.25) is 0 Å². The number of hydrogen-bond acceptors (Lipinski definition) is 12. The Hall–Kier alpha value is 1.79. The molecule has 0 heterocycles. The molecule has 0 rings (SSSR count). The molecule has 0 spiro atoms. The number of hydrogen-bond donors (Lipinski definition) is 9. The molecule has 0 aromatic carbocycles. The second-order valence-electron chi connectivity index (χ2n) is 5.34. The van der Waals surface area contributed by atoms with Crippen LogP contribution in [0.1, 0.15) is 117 Å². The molecule has 0 aliphatic rings. The van der Waals surface area contributed by atoms with Gasteiger partial charge in [0.1, 0.15) is 0 Å². The van der Waals surface area contributed by atoms with Gasteiger partial charge < -0.3 is 77.5 Å². The number of carbonyl (C=O) groups excluding carboxylic acids is 2. The second-order valence-corrected chi connectivity index (χ2v) is 5.34. The summed E-state index contributed by atoms with van der Waals surface area (Å²) in [4.78, 5) is 20.0. The maximum atomic E-state index is 10.1. The summed E-state index contributed by atoms with van der Waals surface area (Å²) in [5, 5.41) is 47.4. The number of amidine groups is 2. The number of esters is 2. The normalized spacial score (nSPS) is 4.69. The summed E-state index contributed by atoms with van der Waals surface area (Å²) in [6.45, 7) is 17.7. The molecule has 24 heteroatoms. The van der Waals surface area contributed by atoms with Crippen LogP contribution in [0, 0.1) is 133 Å². The predicted molar refractivity (Wildman–Crippen MR) is 228 cm³/mol. The van der Waals surface area contributed by atoms with Crippen LogP contribution in [0.15, 0.2) is 0 Å². The molecule has 0 fully saturated rings. The number of aliphatic hydroxyl groups excluding tert-OH is 3. The number of nitrogens with zero attached hydrogens (tertiary/aromatic N) is 1. The van der Waals surface area contributed by atoms with Crippen molar-refractivity contribution in [3.8, 4) is 6.07 Å². The summed E-state index contributed by atoms with van der Waals surface area (Å²) in [6.07, 6.45) is 2.65. The molecule has 0 aliphatic carbocycles. The van der Waals surface area contributed by atoms with Crippen molar-refractivity contribution in [3.63, 3.8) is 0 Å². The van der Waals surface area contributed by atoms with Gasteiger partial charge in [0.25, 0.3) is 11.9 Å². The minimum atomic E-state index is -0.248. The molecule has 0 aliphatic heterocycles. The average molecular weight is 1660 g/mol. The Bertz CT molecular complexity index is 529. The molecule has 0 aromatic heterocycles. The first-order valence-corrected chi connectivity index (χ1v) is 10.4. The fraction of sp³-hybridized carbons (Fsp3) is 0.613. The molecule has 55 heavy (non-hydrogen) atoms. The van der Waals surface area contributed by atoms with E-state index in [1.165, 1.54) is 77.4 Å². The summed E-state index contributed by atoms with van der Waals surface area (Å²) in [5.41, 5.74) is 10.1. The Morgan fingerprint density at radius 1 is 0.673 bits per heavy atom. The van der Waals surface area contributed by atoms with Crippen LogP contribution in [0.4, 0.5) is 0 Å². The van der Waals surface area contributed by atoms with E-state index < -0.39 is 0 Å². The molecule has 14 radical (unpaired) electrons. The van der Waals surface area contributed by atoms with Crippen molar-refractivity contribution in [2.45, 2.75) is 111 Å². The van der Waals surface area contributed by atoms with E-state index in [4.69, 9.17) is 53.8 Å². The Labute approximate surface area is 459 Å². The van der Waals surface area contributed by atoms with Crippen LogP contribution in [0.25, 0.3) is 0 Å². The second kappa shape index (κ2) is 273. The topological polar surface area (TPSA) is 296 Å². The third kappa shape index (κ3) is 1390. The molecule has 14 nitrogen and oxygen atoms in total. The van der Waals surface area contributed by atoms with Crippen LogP contribution in [0.3, 0.4) is 0 Å². The number of rotatable bonds is 5. The van der Waals surface area contributed by atoms with E-state index in [0.717, 1.165) is 40.6 Å². The molecule has 0 amide bonds. The predicted octanol–water partition coefficient (Wildman–Crippen LogP) is 5.89. The smallest absolute Gasteiger partial charge is 0.271 e. The fourth-order valence-corrected chi connectivity index (χ4v) is 0.495. The molecular weight excluding hydrogens is 1570 g/mol. The largest absolute Gasteiger partial charge is 0.637 e. The minimum absolute atomic E-state index is 0. The van der Waals surface area contributed by atoms with E-state index in [1.54, 1.807) is 19.9 Å². The van der Waals surface area contributed by atoms with Crippen molar-refractivity contribution in [1.82, 2.24) is 6.15 Å². The van der Waals surface area contributed by atoms with Crippen LogP contribution in [-0.2, 0) is 98.3 Å². The zero-order valence-corrected chi connectivity index (χ0v) is 55.1. The van der Waals surface area contributed by atoms with E-state index in [0.29, 0.717) is 5.71 Å². The molecule has 13 N–H and O–H groups in total. The molecule has 0 atom stereocenters. The summed E-state index contributed by atoms with van der Waals surface area (Å²) in [7, 11) is 8.00. The molecule has 0 bridgehead atoms. The van der Waals surface area contributed by atoms with Crippen molar-refractivity contribution in [2.75, 3.05) is 21.3 Å². The van der Waals surface area contributed by atoms with Crippen molar-refractivity contribution in [2.24, 2.45) is 11.5 Å². The van der Waals surface area contributed by atoms with Gasteiger partial charge in [-0.15, -0.1) is 12.8 Å². The van der Waals surface area contributed by atoms with Crippen LogP contribution in [0.5, 0.6) is 0 Å². The van der Waals surface area contributed by atoms with Crippen LogP contribution in [-0.4, -0.2) is 99.6 Å². The van der Waals surface area contributed by atoms with Gasteiger partial charge in [-0.25, -0.2) is 0 Å². The van der Waals surface area contributed by atoms with Gasteiger partial charge in [-0.05, 0) is 27.7 Å². The number of aliphatic hydroxyl groups is 3. The Kier molecular flexibility index (Phi) is 815. The number of nitrogens with one attached hydrogen (secondary N) is 3. The van der Waals surface area contributed by atoms with Crippen molar-refractivity contribution < 1.29 is 181 Å². The van der Waals surface area contributed by atoms with Gasteiger partial charge in [0, 0.05) is 228 Å². The first-order valence-electron chi connectivity index (χ1n) is 14.4. The molecule has 0 aromatic rings. The Morgan fingerprint density at radius 3 is 0.873 bits per heavy atom. The molecular formula is C31H85B4N7O7U2V2W2-6. The Morgan fingerprint density at radius 2 is 0.800 bits per heavy atom. The summed E-state index contributed by atoms with van der Waals surface area (Å²) in [6, 6.07) is 1.75. The van der Waals surface area contributed by atoms with Crippen molar-refractivity contribution >= 4 is 63.0 Å². The molecule has 0 saturated carbocycles. The van der Waals surface area contributed by atoms with E-state index in [9.17, 15) is 9.59 Å². The van der Waals surface area contributed by atoms with Crippen molar-refractivity contribution in [1.29, 1.82) is 21.5 Å². The first-order chi connectivity index (χ1) is 20.7. The third-order valence-corrected chi connectivity index (χ3v) is 1.07. The van der Waals surface area contributed by atoms with E-state index >= 15 is 0 Å². The quantitative estimate of drug-likeness (QED) is 0.0390. The fourth-order valence-electron chi connectivity index (χ4n) is 0.495. The molecule has 0 unspecified atom stereocenters. The monoisotopic (exact) mass is 1670 g/mol. The number of nitrogens with two attached hydrogens (primary N) is 2. The third-order valence-electron chi connectivity index (χ3n) is 1.07. The van der Waals surface area contributed by atoms with Gasteiger partial charge in [0.15, 0.2) is 0 Å². The summed E-state index contributed by atoms with van der Waals surface area (Å²) in [5.74, 6) is -0.152. The maximum absolute atomic E-state index is 10.1. The van der Waals surface area contributed by atoms with Gasteiger partial charge in [-0.2, -0.15) is 18.5 Å². The number of ether oxygens (including phenoxy) is 2. The SMILES string of the molecule is CC#N.CC(=N)N.CC(=N)N.CC(C)=N.CCC[CH-]OC(C)=O.CC[CH-]OC(C)=O.CO.CO.CO.N.[3H]C.[3H]C.[3H]C.[3H]C.[B].[B].[B].[B].[CH3-].[CH3-].[CH3-].[CH3-].[U].[U].[V].[V].[W].[W]. The van der Waals surface area contributed by atoms with Gasteiger partial charge in [-0.3, -0.25) is 20.4 Å². The van der Waals surface area contributed by atoms with Gasteiger partial charge >= 0.3 is 0 Å². The van der Waals surface area contributed by atoms with Crippen molar-refractivity contribution in [3.05, 3.63) is 42.9 Å². The van der Waals surface area contributed by atoms with E-state index in [1.807, 2.05) is 13.8 Å². The summed E-state index contributed by atoms with van der Waals surface area (Å²) >= 11 is 0. The zero-order chi connectivity index (χ0) is 39.5. The van der Waals surface area contributed by atoms with Crippen LogP contribution >= 0.6 is 0 Å². The first kappa shape index (κ1) is 164. The van der Waals surface area contributed by atoms with Crippen LogP contribution < -0.4 is 17.6 Å². The maximum Gasteiger partial charge on any atom is 0.271 e. The number of nitriles is 1. The average Bonchev–Trinajstić information content (AvgIpc) is 2.99. The minimum Gasteiger partial charge on any atom is -0.637 e. The number of unbranched alkanes of at least 4 members (excludes halogenated alkanes) is 1. The zero-order valence-electron chi connectivity index (χ0n) is 42.1. The Balaban J connectivity index is -0.00000000685. The van der Waals surface area contributed by atoms with E-state index in [2.05, 4.69) is 9.47 Å². The van der Waals surface area contributed by atoms with Gasteiger partial charge in [-0.1, -0.05) is 49.9 Å². The molecule has 334 valence electrons.